The minimum absolute atomic E-state index is 0.278. The Morgan fingerprint density at radius 3 is 2.80 bits per heavy atom. The second-order valence-corrected chi connectivity index (χ2v) is 8.21. The molecule has 0 amide bonds. The van der Waals surface area contributed by atoms with Crippen LogP contribution in [0.15, 0.2) is 53.4 Å². The second-order valence-electron chi connectivity index (χ2n) is 6.47. The number of fused-ring (bicyclic) bond motifs is 1. The number of aliphatic hydroxyl groups is 1. The van der Waals surface area contributed by atoms with Gasteiger partial charge in [-0.25, -0.2) is 0 Å². The van der Waals surface area contributed by atoms with Crippen molar-refractivity contribution >= 4 is 27.4 Å². The van der Waals surface area contributed by atoms with Gasteiger partial charge in [0.25, 0.3) is 0 Å². The molecule has 2 heterocycles. The van der Waals surface area contributed by atoms with Crippen molar-refractivity contribution in [2.45, 2.75) is 24.3 Å². The number of nitrogens with one attached hydrogen (secondary N) is 1. The third kappa shape index (κ3) is 3.10. The Hall–Kier alpha value is -2.11. The lowest BCUT2D eigenvalue weighted by Gasteiger charge is -2.22. The summed E-state index contributed by atoms with van der Waals surface area (Å²) in [6.45, 7) is 3.41. The van der Waals surface area contributed by atoms with Crippen molar-refractivity contribution in [3.05, 3.63) is 48.5 Å². The largest absolute Gasteiger partial charge is 0.391 e. The highest BCUT2D eigenvalue weighted by Crippen LogP contribution is 2.35. The predicted octanol–water partition coefficient (Wildman–Crippen LogP) is 3.53. The monoisotopic (exact) mass is 354 g/mol. The number of aromatic amines is 1. The first-order chi connectivity index (χ1) is 12.2. The summed E-state index contributed by atoms with van der Waals surface area (Å²) in [4.78, 5) is 6.54. The Labute approximate surface area is 149 Å². The zero-order valence-electron chi connectivity index (χ0n) is 14.2. The molecule has 0 spiro atoms. The maximum Gasteiger partial charge on any atom is 0.0731 e. The van der Waals surface area contributed by atoms with Gasteiger partial charge < -0.3 is 15.0 Å². The van der Waals surface area contributed by atoms with Crippen molar-refractivity contribution in [3.63, 3.8) is 0 Å². The summed E-state index contributed by atoms with van der Waals surface area (Å²) in [5.41, 5.74) is 4.24. The van der Waals surface area contributed by atoms with Crippen molar-refractivity contribution in [3.8, 4) is 11.3 Å². The van der Waals surface area contributed by atoms with Gasteiger partial charge in [0.05, 0.1) is 16.9 Å². The Morgan fingerprint density at radius 1 is 1.24 bits per heavy atom. The molecule has 0 aliphatic carbocycles. The molecule has 25 heavy (non-hydrogen) atoms. The number of β-amino-alcohol motifs (C(OH)–C–C–N with tert-alkyl or cyclic N) is 1. The van der Waals surface area contributed by atoms with Gasteiger partial charge in [-0.3, -0.25) is 4.21 Å². The van der Waals surface area contributed by atoms with E-state index in [1.54, 1.807) is 0 Å². The van der Waals surface area contributed by atoms with Crippen LogP contribution in [0.25, 0.3) is 22.2 Å². The van der Waals surface area contributed by atoms with Crippen molar-refractivity contribution < 1.29 is 9.32 Å². The summed E-state index contributed by atoms with van der Waals surface area (Å²) in [5, 5.41) is 11.1. The van der Waals surface area contributed by atoms with Crippen LogP contribution in [0.3, 0.4) is 0 Å². The molecule has 4 rings (SSSR count). The predicted molar refractivity (Wildman–Crippen MR) is 104 cm³/mol. The Morgan fingerprint density at radius 2 is 2.08 bits per heavy atom. The minimum Gasteiger partial charge on any atom is -0.391 e. The highest BCUT2D eigenvalue weighted by atomic mass is 32.2. The first-order valence-electron chi connectivity index (χ1n) is 8.69. The average molecular weight is 354 g/mol. The van der Waals surface area contributed by atoms with Crippen LogP contribution in [0.2, 0.25) is 0 Å². The third-order valence-electron chi connectivity index (χ3n) is 4.82. The zero-order chi connectivity index (χ0) is 17.4. The molecular formula is C20H22N2O2S. The van der Waals surface area contributed by atoms with Crippen molar-refractivity contribution in [2.75, 3.05) is 23.7 Å². The normalized spacial score (nSPS) is 18.8. The number of nitrogens with zero attached hydrogens (tertiary/aromatic N) is 1. The maximum absolute atomic E-state index is 12.3. The van der Waals surface area contributed by atoms with Gasteiger partial charge in [-0.15, -0.1) is 0 Å². The zero-order valence-corrected chi connectivity index (χ0v) is 15.1. The molecule has 1 unspecified atom stereocenters. The molecule has 2 N–H and O–H groups in total. The van der Waals surface area contributed by atoms with E-state index in [4.69, 9.17) is 0 Å². The van der Waals surface area contributed by atoms with E-state index >= 15 is 0 Å². The van der Waals surface area contributed by atoms with Crippen LogP contribution in [0.4, 0.5) is 5.69 Å². The van der Waals surface area contributed by atoms with E-state index in [0.29, 0.717) is 12.3 Å². The van der Waals surface area contributed by atoms with Gasteiger partial charge in [-0.1, -0.05) is 25.1 Å². The molecule has 2 atom stereocenters. The smallest absolute Gasteiger partial charge is 0.0731 e. The SMILES string of the molecule is CC[S@](=O)c1ccc(N2CCC(O)C2)c(-c2cc3ccccc3[nH]2)c1. The number of aliphatic hydroxyl groups excluding tert-OH is 1. The number of hydrogen-bond acceptors (Lipinski definition) is 3. The maximum atomic E-state index is 12.3. The van der Waals surface area contributed by atoms with Crippen LogP contribution in [0.5, 0.6) is 0 Å². The summed E-state index contributed by atoms with van der Waals surface area (Å²) in [7, 11) is -0.991. The molecule has 5 heteroatoms. The Balaban J connectivity index is 1.85. The lowest BCUT2D eigenvalue weighted by molar-refractivity contribution is 0.198. The van der Waals surface area contributed by atoms with E-state index in [1.807, 2.05) is 37.3 Å². The van der Waals surface area contributed by atoms with Crippen molar-refractivity contribution in [2.24, 2.45) is 0 Å². The van der Waals surface area contributed by atoms with E-state index in [1.165, 1.54) is 0 Å². The fraction of sp³-hybridized carbons (Fsp3) is 0.300. The molecule has 2 aromatic carbocycles. The van der Waals surface area contributed by atoms with Gasteiger partial charge in [0, 0.05) is 51.6 Å². The molecule has 1 aromatic heterocycles. The number of anilines is 1. The number of benzene rings is 2. The molecule has 4 nitrogen and oxygen atoms in total. The summed E-state index contributed by atoms with van der Waals surface area (Å²) in [6, 6.07) is 16.4. The average Bonchev–Trinajstić information content (AvgIpc) is 3.26. The number of rotatable bonds is 4. The lowest BCUT2D eigenvalue weighted by atomic mass is 10.1. The van der Waals surface area contributed by atoms with E-state index in [0.717, 1.165) is 45.7 Å². The van der Waals surface area contributed by atoms with Crippen LogP contribution in [0, 0.1) is 0 Å². The fourth-order valence-electron chi connectivity index (χ4n) is 3.49. The topological polar surface area (TPSA) is 56.3 Å². The summed E-state index contributed by atoms with van der Waals surface area (Å²) < 4.78 is 12.3. The molecule has 0 saturated carbocycles. The molecule has 1 fully saturated rings. The Bertz CT molecular complexity index is 901. The van der Waals surface area contributed by atoms with Crippen molar-refractivity contribution in [1.82, 2.24) is 4.98 Å². The minimum atomic E-state index is -0.991. The van der Waals surface area contributed by atoms with Gasteiger partial charge in [0.2, 0.25) is 0 Å². The van der Waals surface area contributed by atoms with E-state index < -0.39 is 10.8 Å². The number of para-hydroxylation sites is 1. The van der Waals surface area contributed by atoms with Gasteiger partial charge in [0.15, 0.2) is 0 Å². The summed E-state index contributed by atoms with van der Waals surface area (Å²) in [5.74, 6) is 0.605. The number of H-pyrrole nitrogens is 1. The molecule has 1 aliphatic rings. The second kappa shape index (κ2) is 6.65. The molecule has 1 saturated heterocycles. The molecular weight excluding hydrogens is 332 g/mol. The molecule has 0 bridgehead atoms. The summed E-state index contributed by atoms with van der Waals surface area (Å²) in [6.07, 6.45) is 0.509. The van der Waals surface area contributed by atoms with Gasteiger partial charge in [0.1, 0.15) is 0 Å². The lowest BCUT2D eigenvalue weighted by Crippen LogP contribution is -2.22. The molecule has 130 valence electrons. The van der Waals surface area contributed by atoms with Crippen LogP contribution < -0.4 is 4.90 Å². The van der Waals surface area contributed by atoms with E-state index in [9.17, 15) is 9.32 Å². The van der Waals surface area contributed by atoms with Crippen molar-refractivity contribution in [1.29, 1.82) is 0 Å². The number of hydrogen-bond donors (Lipinski definition) is 2. The highest BCUT2D eigenvalue weighted by Gasteiger charge is 2.24. The molecule has 1 aliphatic heterocycles. The third-order valence-corrected chi connectivity index (χ3v) is 6.12. The highest BCUT2D eigenvalue weighted by molar-refractivity contribution is 7.85. The standard InChI is InChI=1S/C20H22N2O2S/c1-2-25(24)16-7-8-20(22-10-9-15(23)13-22)17(12-16)19-11-14-5-3-4-6-18(14)21-19/h3-8,11-12,15,21,23H,2,9-10,13H2,1H3/t15?,25-/m0/s1. The van der Waals surface area contributed by atoms with Gasteiger partial charge >= 0.3 is 0 Å². The molecule has 0 radical (unpaired) electrons. The summed E-state index contributed by atoms with van der Waals surface area (Å²) >= 11 is 0. The first kappa shape index (κ1) is 16.4. The van der Waals surface area contributed by atoms with Crippen LogP contribution in [-0.2, 0) is 10.8 Å². The van der Waals surface area contributed by atoms with Crippen LogP contribution >= 0.6 is 0 Å². The first-order valence-corrected chi connectivity index (χ1v) is 10.0. The van der Waals surface area contributed by atoms with E-state index in [2.05, 4.69) is 28.1 Å². The van der Waals surface area contributed by atoms with E-state index in [-0.39, 0.29) is 6.10 Å². The van der Waals surface area contributed by atoms with Gasteiger partial charge in [-0.05, 0) is 36.8 Å². The van der Waals surface area contributed by atoms with Gasteiger partial charge in [-0.2, -0.15) is 0 Å². The quantitative estimate of drug-likeness (QED) is 0.753. The Kier molecular flexibility index (Phi) is 4.36. The van der Waals surface area contributed by atoms with Crippen LogP contribution in [0.1, 0.15) is 13.3 Å². The molecule has 3 aromatic rings. The van der Waals surface area contributed by atoms with Crippen LogP contribution in [-0.4, -0.2) is 39.2 Å². The number of aromatic nitrogens is 1. The fourth-order valence-corrected chi connectivity index (χ4v) is 4.30.